The maximum atomic E-state index is 12.1. The molecule has 3 aromatic rings. The zero-order valence-corrected chi connectivity index (χ0v) is 21.4. The number of carbonyl (C=O) groups is 1. The fraction of sp³-hybridized carbons (Fsp3) is 0.281. The number of esters is 1. The van der Waals surface area contributed by atoms with E-state index in [4.69, 9.17) is 18.9 Å². The fourth-order valence-electron chi connectivity index (χ4n) is 4.01. The molecule has 0 aliphatic heterocycles. The summed E-state index contributed by atoms with van der Waals surface area (Å²) in [7, 11) is 0. The van der Waals surface area contributed by atoms with Gasteiger partial charge in [-0.05, 0) is 16.7 Å². The predicted molar refractivity (Wildman–Crippen MR) is 146 cm³/mol. The second-order valence-corrected chi connectivity index (χ2v) is 8.69. The average molecular weight is 501 g/mol. The summed E-state index contributed by atoms with van der Waals surface area (Å²) in [5.74, 6) is -0.401. The van der Waals surface area contributed by atoms with Gasteiger partial charge in [0.05, 0.1) is 19.8 Å². The Bertz CT molecular complexity index is 1070. The van der Waals surface area contributed by atoms with Crippen LogP contribution >= 0.6 is 0 Å². The lowest BCUT2D eigenvalue weighted by molar-refractivity contribution is -0.186. The number of hydrogen-bond donors (Lipinski definition) is 0. The van der Waals surface area contributed by atoms with E-state index >= 15 is 0 Å². The molecule has 0 aliphatic carbocycles. The summed E-state index contributed by atoms with van der Waals surface area (Å²) < 4.78 is 25.0. The molecule has 37 heavy (non-hydrogen) atoms. The van der Waals surface area contributed by atoms with Crippen molar-refractivity contribution in [3.8, 4) is 0 Å². The van der Waals surface area contributed by atoms with Crippen LogP contribution < -0.4 is 0 Å². The van der Waals surface area contributed by atoms with Crippen molar-refractivity contribution in [3.63, 3.8) is 0 Å². The van der Waals surface area contributed by atoms with Gasteiger partial charge in [0, 0.05) is 13.3 Å². The van der Waals surface area contributed by atoms with Crippen LogP contribution in [0, 0.1) is 0 Å². The first-order chi connectivity index (χ1) is 18.1. The van der Waals surface area contributed by atoms with E-state index in [9.17, 15) is 4.79 Å². The Morgan fingerprint density at radius 3 is 1.54 bits per heavy atom. The number of benzene rings is 3. The molecular formula is C32H36O5. The van der Waals surface area contributed by atoms with E-state index in [0.29, 0.717) is 26.2 Å². The number of carbonyl (C=O) groups excluding carboxylic acids is 1. The van der Waals surface area contributed by atoms with Crippen LogP contribution in [0.4, 0.5) is 0 Å². The summed E-state index contributed by atoms with van der Waals surface area (Å²) in [6, 6.07) is 29.6. The third-order valence-electron chi connectivity index (χ3n) is 5.82. The van der Waals surface area contributed by atoms with E-state index in [1.54, 1.807) is 12.2 Å². The Kier molecular flexibility index (Phi) is 11.8. The normalized spacial score (nSPS) is 14.2. The van der Waals surface area contributed by atoms with E-state index in [1.807, 2.05) is 91.0 Å². The summed E-state index contributed by atoms with van der Waals surface area (Å²) in [6.45, 7) is 10.3. The maximum Gasteiger partial charge on any atom is 0.303 e. The van der Waals surface area contributed by atoms with Gasteiger partial charge >= 0.3 is 5.97 Å². The van der Waals surface area contributed by atoms with Crippen molar-refractivity contribution < 1.29 is 23.7 Å². The molecule has 0 spiro atoms. The average Bonchev–Trinajstić information content (AvgIpc) is 2.93. The smallest absolute Gasteiger partial charge is 0.303 e. The van der Waals surface area contributed by atoms with Gasteiger partial charge in [0.1, 0.15) is 24.4 Å². The van der Waals surface area contributed by atoms with Crippen molar-refractivity contribution in [2.24, 2.45) is 0 Å². The van der Waals surface area contributed by atoms with E-state index in [1.165, 1.54) is 6.92 Å². The van der Waals surface area contributed by atoms with Gasteiger partial charge in [0.25, 0.3) is 0 Å². The SMILES string of the molecule is C=CCC(OC(C)=O)[C@H](OCc1ccccc1)[C@@H](OCc1ccccc1)[C@@H](C=C)OCc1ccccc1. The van der Waals surface area contributed by atoms with Crippen molar-refractivity contribution in [1.29, 1.82) is 0 Å². The zero-order chi connectivity index (χ0) is 26.3. The molecule has 0 aliphatic rings. The number of rotatable bonds is 16. The molecule has 1 unspecified atom stereocenters. The molecule has 0 amide bonds. The molecule has 3 rings (SSSR count). The van der Waals surface area contributed by atoms with Gasteiger partial charge in [0.2, 0.25) is 0 Å². The highest BCUT2D eigenvalue weighted by atomic mass is 16.6. The van der Waals surface area contributed by atoms with Crippen molar-refractivity contribution in [3.05, 3.63) is 133 Å². The molecular weight excluding hydrogens is 464 g/mol. The van der Waals surface area contributed by atoms with Gasteiger partial charge in [-0.1, -0.05) is 103 Å². The summed E-state index contributed by atoms with van der Waals surface area (Å²) in [6.07, 6.45) is 1.41. The van der Waals surface area contributed by atoms with Crippen LogP contribution in [0.2, 0.25) is 0 Å². The molecule has 0 saturated carbocycles. The Labute approximate surface area is 220 Å². The molecule has 3 aromatic carbocycles. The van der Waals surface area contributed by atoms with Crippen molar-refractivity contribution in [2.75, 3.05) is 0 Å². The number of ether oxygens (including phenoxy) is 4. The van der Waals surface area contributed by atoms with Gasteiger partial charge in [-0.15, -0.1) is 13.2 Å². The minimum atomic E-state index is -0.649. The molecule has 0 radical (unpaired) electrons. The fourth-order valence-corrected chi connectivity index (χ4v) is 4.01. The van der Waals surface area contributed by atoms with Crippen LogP contribution in [0.5, 0.6) is 0 Å². The second-order valence-electron chi connectivity index (χ2n) is 8.69. The molecule has 194 valence electrons. The molecule has 5 nitrogen and oxygen atoms in total. The van der Waals surface area contributed by atoms with Gasteiger partial charge in [-0.25, -0.2) is 0 Å². The van der Waals surface area contributed by atoms with Gasteiger partial charge < -0.3 is 18.9 Å². The maximum absolute atomic E-state index is 12.1. The Balaban J connectivity index is 1.91. The van der Waals surface area contributed by atoms with E-state index in [0.717, 1.165) is 16.7 Å². The highest BCUT2D eigenvalue weighted by Crippen LogP contribution is 2.24. The molecule has 4 atom stereocenters. The molecule has 0 fully saturated rings. The van der Waals surface area contributed by atoms with E-state index < -0.39 is 30.4 Å². The summed E-state index contributed by atoms with van der Waals surface area (Å²) >= 11 is 0. The zero-order valence-electron chi connectivity index (χ0n) is 21.4. The minimum Gasteiger partial charge on any atom is -0.459 e. The summed E-state index contributed by atoms with van der Waals surface area (Å²) in [5, 5.41) is 0. The Morgan fingerprint density at radius 2 is 1.14 bits per heavy atom. The van der Waals surface area contributed by atoms with Crippen LogP contribution in [0.3, 0.4) is 0 Å². The third-order valence-corrected chi connectivity index (χ3v) is 5.82. The van der Waals surface area contributed by atoms with Crippen LogP contribution in [-0.2, 0) is 43.6 Å². The van der Waals surface area contributed by atoms with Crippen LogP contribution in [0.1, 0.15) is 30.0 Å². The first kappa shape index (κ1) is 28.1. The van der Waals surface area contributed by atoms with Crippen LogP contribution in [0.25, 0.3) is 0 Å². The molecule has 0 aromatic heterocycles. The molecule has 0 heterocycles. The Hall–Kier alpha value is -3.51. The highest BCUT2D eigenvalue weighted by Gasteiger charge is 2.38. The van der Waals surface area contributed by atoms with Gasteiger partial charge in [-0.3, -0.25) is 4.79 Å². The van der Waals surface area contributed by atoms with Crippen LogP contribution in [-0.4, -0.2) is 30.4 Å². The molecule has 0 saturated heterocycles. The van der Waals surface area contributed by atoms with Gasteiger partial charge in [-0.2, -0.15) is 0 Å². The van der Waals surface area contributed by atoms with Crippen molar-refractivity contribution in [2.45, 2.75) is 57.6 Å². The molecule has 0 N–H and O–H groups in total. The van der Waals surface area contributed by atoms with E-state index in [-0.39, 0.29) is 0 Å². The lowest BCUT2D eigenvalue weighted by Gasteiger charge is -2.36. The van der Waals surface area contributed by atoms with Crippen molar-refractivity contribution in [1.82, 2.24) is 0 Å². The lowest BCUT2D eigenvalue weighted by Crippen LogP contribution is -2.49. The summed E-state index contributed by atoms with van der Waals surface area (Å²) in [5.41, 5.74) is 3.03. The highest BCUT2D eigenvalue weighted by molar-refractivity contribution is 5.66. The third kappa shape index (κ3) is 9.47. The monoisotopic (exact) mass is 500 g/mol. The lowest BCUT2D eigenvalue weighted by atomic mass is 9.99. The largest absolute Gasteiger partial charge is 0.459 e. The standard InChI is InChI=1S/C32H36O5/c1-4-15-30(37-25(3)33)32(36-24-28-20-13-8-14-21-28)31(35-23-27-18-11-7-12-19-27)29(5-2)34-22-26-16-9-6-10-17-26/h4-14,16-21,29-32H,1-2,15,22-24H2,3H3/t29-,30?,31+,32+/m1/s1. The predicted octanol–water partition coefficient (Wildman–Crippen LogP) is 6.44. The number of hydrogen-bond acceptors (Lipinski definition) is 5. The Morgan fingerprint density at radius 1 is 0.703 bits per heavy atom. The topological polar surface area (TPSA) is 54.0 Å². The quantitative estimate of drug-likeness (QED) is 0.167. The minimum absolute atomic E-state index is 0.314. The molecule has 0 bridgehead atoms. The second kappa shape index (κ2) is 15.6. The van der Waals surface area contributed by atoms with Gasteiger partial charge in [0.15, 0.2) is 0 Å². The molecule has 5 heteroatoms. The van der Waals surface area contributed by atoms with Crippen molar-refractivity contribution >= 4 is 5.97 Å². The van der Waals surface area contributed by atoms with E-state index in [2.05, 4.69) is 13.2 Å². The van der Waals surface area contributed by atoms with Crippen LogP contribution in [0.15, 0.2) is 116 Å². The summed E-state index contributed by atoms with van der Waals surface area (Å²) in [4.78, 5) is 12.1. The first-order valence-electron chi connectivity index (χ1n) is 12.5. The first-order valence-corrected chi connectivity index (χ1v) is 12.5.